The highest BCUT2D eigenvalue weighted by Crippen LogP contribution is 2.24. The molecule has 2 heterocycles. The first-order valence-electron chi connectivity index (χ1n) is 7.51. The second kappa shape index (κ2) is 5.98. The number of fused-ring (bicyclic) bond motifs is 1. The summed E-state index contributed by atoms with van der Waals surface area (Å²) in [4.78, 5) is 18.8. The van der Waals surface area contributed by atoms with Crippen LogP contribution in [0.3, 0.4) is 0 Å². The van der Waals surface area contributed by atoms with Crippen molar-refractivity contribution in [2.24, 2.45) is 0 Å². The molecule has 22 heavy (non-hydrogen) atoms. The third-order valence-electron chi connectivity index (χ3n) is 4.21. The number of carbonyl (C=O) groups is 1. The monoisotopic (exact) mass is 324 g/mol. The first kappa shape index (κ1) is 15.5. The summed E-state index contributed by atoms with van der Waals surface area (Å²) in [7, 11) is -3.58. The summed E-state index contributed by atoms with van der Waals surface area (Å²) in [5, 5.41) is 0. The van der Waals surface area contributed by atoms with E-state index in [-0.39, 0.29) is 10.8 Å². The van der Waals surface area contributed by atoms with Gasteiger partial charge in [0.1, 0.15) is 0 Å². The first-order chi connectivity index (χ1) is 10.5. The SMILES string of the molecule is CC(=O)N1CCc2ccc(S(=O)(=O)N3CCCO3)cc2CC1. The second-order valence-corrected chi connectivity index (χ2v) is 7.48. The van der Waals surface area contributed by atoms with Crippen molar-refractivity contribution in [3.8, 4) is 0 Å². The number of hydrogen-bond acceptors (Lipinski definition) is 4. The molecule has 1 amide bonds. The summed E-state index contributed by atoms with van der Waals surface area (Å²) < 4.78 is 26.1. The quantitative estimate of drug-likeness (QED) is 0.813. The molecule has 2 aliphatic rings. The van der Waals surface area contributed by atoms with Crippen molar-refractivity contribution in [2.75, 3.05) is 26.2 Å². The van der Waals surface area contributed by atoms with Gasteiger partial charge in [0.25, 0.3) is 10.0 Å². The van der Waals surface area contributed by atoms with Crippen LogP contribution in [-0.4, -0.2) is 49.9 Å². The molecule has 120 valence electrons. The molecule has 0 atom stereocenters. The molecule has 1 fully saturated rings. The van der Waals surface area contributed by atoms with Gasteiger partial charge in [-0.25, -0.2) is 8.42 Å². The van der Waals surface area contributed by atoms with E-state index in [0.29, 0.717) is 32.7 Å². The minimum absolute atomic E-state index is 0.0612. The summed E-state index contributed by atoms with van der Waals surface area (Å²) >= 11 is 0. The highest BCUT2D eigenvalue weighted by atomic mass is 32.2. The molecular formula is C15H20N2O4S. The molecule has 0 aliphatic carbocycles. The van der Waals surface area contributed by atoms with Crippen LogP contribution >= 0.6 is 0 Å². The molecule has 7 heteroatoms. The maximum absolute atomic E-state index is 12.5. The zero-order valence-corrected chi connectivity index (χ0v) is 13.4. The van der Waals surface area contributed by atoms with Gasteiger partial charge in [-0.2, -0.15) is 0 Å². The van der Waals surface area contributed by atoms with E-state index in [1.807, 2.05) is 6.07 Å². The number of sulfonamides is 1. The van der Waals surface area contributed by atoms with E-state index < -0.39 is 10.0 Å². The van der Waals surface area contributed by atoms with Crippen LogP contribution in [0.4, 0.5) is 0 Å². The predicted molar refractivity (Wildman–Crippen MR) is 80.6 cm³/mol. The molecule has 0 saturated carbocycles. The molecule has 0 unspecified atom stereocenters. The Labute approximate surface area is 130 Å². The fourth-order valence-corrected chi connectivity index (χ4v) is 4.26. The smallest absolute Gasteiger partial charge is 0.265 e. The van der Waals surface area contributed by atoms with Gasteiger partial charge in [-0.1, -0.05) is 10.5 Å². The largest absolute Gasteiger partial charge is 0.342 e. The van der Waals surface area contributed by atoms with Crippen LogP contribution in [0.1, 0.15) is 24.5 Å². The summed E-state index contributed by atoms with van der Waals surface area (Å²) in [5.74, 6) is 0.0612. The fraction of sp³-hybridized carbons (Fsp3) is 0.533. The Morgan fingerprint density at radius 2 is 1.86 bits per heavy atom. The van der Waals surface area contributed by atoms with E-state index in [2.05, 4.69) is 0 Å². The van der Waals surface area contributed by atoms with E-state index >= 15 is 0 Å². The number of rotatable bonds is 2. The van der Waals surface area contributed by atoms with Crippen LogP contribution in [0.2, 0.25) is 0 Å². The van der Waals surface area contributed by atoms with Crippen LogP contribution in [-0.2, 0) is 32.5 Å². The fourth-order valence-electron chi connectivity index (χ4n) is 2.91. The van der Waals surface area contributed by atoms with Crippen molar-refractivity contribution in [3.63, 3.8) is 0 Å². The van der Waals surface area contributed by atoms with Gasteiger partial charge in [-0.15, -0.1) is 0 Å². The standard InChI is InChI=1S/C15H20N2O4S/c1-12(18)16-8-5-13-3-4-15(11-14(13)6-9-16)22(19,20)17-7-2-10-21-17/h3-4,11H,2,5-10H2,1H3. The number of hydrogen-bond donors (Lipinski definition) is 0. The topological polar surface area (TPSA) is 66.9 Å². The first-order valence-corrected chi connectivity index (χ1v) is 8.95. The van der Waals surface area contributed by atoms with Gasteiger partial charge in [0.05, 0.1) is 11.5 Å². The minimum atomic E-state index is -3.58. The molecule has 2 aliphatic heterocycles. The number of carbonyl (C=O) groups excluding carboxylic acids is 1. The van der Waals surface area contributed by atoms with Gasteiger partial charge in [-0.3, -0.25) is 9.63 Å². The van der Waals surface area contributed by atoms with Gasteiger partial charge in [0.2, 0.25) is 5.91 Å². The van der Waals surface area contributed by atoms with Gasteiger partial charge < -0.3 is 4.90 Å². The van der Waals surface area contributed by atoms with Crippen molar-refractivity contribution in [1.29, 1.82) is 0 Å². The van der Waals surface area contributed by atoms with Crippen LogP contribution < -0.4 is 0 Å². The Balaban J connectivity index is 1.87. The molecule has 1 aromatic carbocycles. The molecule has 1 aromatic rings. The summed E-state index contributed by atoms with van der Waals surface area (Å²) in [6, 6.07) is 5.23. The van der Waals surface area contributed by atoms with E-state index in [9.17, 15) is 13.2 Å². The van der Waals surface area contributed by atoms with Crippen molar-refractivity contribution in [3.05, 3.63) is 29.3 Å². The van der Waals surface area contributed by atoms with E-state index in [1.165, 1.54) is 0 Å². The Morgan fingerprint density at radius 1 is 1.14 bits per heavy atom. The van der Waals surface area contributed by atoms with Gasteiger partial charge in [-0.05, 0) is 42.5 Å². The molecule has 0 aromatic heterocycles. The van der Waals surface area contributed by atoms with E-state index in [4.69, 9.17) is 4.84 Å². The maximum Gasteiger partial charge on any atom is 0.265 e. The Kier molecular flexibility index (Phi) is 4.20. The average Bonchev–Trinajstić information content (AvgIpc) is 2.94. The molecule has 1 saturated heterocycles. The lowest BCUT2D eigenvalue weighted by Gasteiger charge is -2.17. The van der Waals surface area contributed by atoms with Crippen molar-refractivity contribution in [2.45, 2.75) is 31.1 Å². The number of nitrogens with zero attached hydrogens (tertiary/aromatic N) is 2. The Bertz CT molecular complexity index is 681. The molecule has 6 nitrogen and oxygen atoms in total. The number of amides is 1. The van der Waals surface area contributed by atoms with Crippen molar-refractivity contribution in [1.82, 2.24) is 9.37 Å². The molecule has 0 spiro atoms. The highest BCUT2D eigenvalue weighted by molar-refractivity contribution is 7.89. The zero-order chi connectivity index (χ0) is 15.7. The third-order valence-corrected chi connectivity index (χ3v) is 5.89. The van der Waals surface area contributed by atoms with Crippen LogP contribution in [0, 0.1) is 0 Å². The van der Waals surface area contributed by atoms with Gasteiger partial charge in [0.15, 0.2) is 0 Å². The predicted octanol–water partition coefficient (Wildman–Crippen LogP) is 0.960. The molecular weight excluding hydrogens is 304 g/mol. The lowest BCUT2D eigenvalue weighted by atomic mass is 10.0. The zero-order valence-electron chi connectivity index (χ0n) is 12.6. The van der Waals surface area contributed by atoms with Crippen molar-refractivity contribution < 1.29 is 18.0 Å². The normalized spacial score (nSPS) is 19.8. The number of hydroxylamine groups is 1. The number of benzene rings is 1. The third kappa shape index (κ3) is 2.88. The van der Waals surface area contributed by atoms with Crippen molar-refractivity contribution >= 4 is 15.9 Å². The van der Waals surface area contributed by atoms with Crippen LogP contribution in [0.25, 0.3) is 0 Å². The lowest BCUT2D eigenvalue weighted by molar-refractivity contribution is -0.128. The van der Waals surface area contributed by atoms with Crippen LogP contribution in [0.5, 0.6) is 0 Å². The Morgan fingerprint density at radius 3 is 2.50 bits per heavy atom. The molecule has 0 radical (unpaired) electrons. The van der Waals surface area contributed by atoms with Gasteiger partial charge >= 0.3 is 0 Å². The average molecular weight is 324 g/mol. The highest BCUT2D eigenvalue weighted by Gasteiger charge is 2.29. The summed E-state index contributed by atoms with van der Waals surface area (Å²) in [5.41, 5.74) is 2.12. The molecule has 0 N–H and O–H groups in total. The summed E-state index contributed by atoms with van der Waals surface area (Å²) in [6.07, 6.45) is 2.16. The minimum Gasteiger partial charge on any atom is -0.342 e. The van der Waals surface area contributed by atoms with Crippen LogP contribution in [0.15, 0.2) is 23.1 Å². The second-order valence-electron chi connectivity index (χ2n) is 5.65. The molecule has 0 bridgehead atoms. The Hall–Kier alpha value is -1.44. The lowest BCUT2D eigenvalue weighted by Crippen LogP contribution is -2.30. The molecule has 3 rings (SSSR count). The van der Waals surface area contributed by atoms with E-state index in [1.54, 1.807) is 24.0 Å². The van der Waals surface area contributed by atoms with Gasteiger partial charge in [0, 0.05) is 26.6 Å². The maximum atomic E-state index is 12.5. The summed E-state index contributed by atoms with van der Waals surface area (Å²) in [6.45, 7) is 3.72. The van der Waals surface area contributed by atoms with E-state index in [0.717, 1.165) is 28.4 Å².